The van der Waals surface area contributed by atoms with Crippen LogP contribution in [0.15, 0.2) is 117 Å². The maximum absolute atomic E-state index is 12.4. The highest BCUT2D eigenvalue weighted by Gasteiger charge is 2.47. The Hall–Kier alpha value is -5.49. The number of hydrogen-bond acceptors (Lipinski definition) is 12. The van der Waals surface area contributed by atoms with E-state index in [0.717, 1.165) is 40.7 Å². The van der Waals surface area contributed by atoms with Gasteiger partial charge < -0.3 is 14.8 Å². The molecule has 19 nitrogen and oxygen atoms in total. The van der Waals surface area contributed by atoms with Gasteiger partial charge >= 0.3 is 0 Å². The first-order chi connectivity index (χ1) is 34.2. The summed E-state index contributed by atoms with van der Waals surface area (Å²) in [5.41, 5.74) is 14.9. The average Bonchev–Trinajstić information content (AvgIpc) is 3.64. The van der Waals surface area contributed by atoms with E-state index in [1.807, 2.05) is 78.9 Å². The van der Waals surface area contributed by atoms with Gasteiger partial charge in [0.25, 0.3) is 30.4 Å². The van der Waals surface area contributed by atoms with E-state index in [2.05, 4.69) is 15.3 Å². The Morgan fingerprint density at radius 2 is 1.47 bits per heavy atom. The maximum Gasteiger partial charge on any atom is 0.294 e. The number of anilines is 1. The molecule has 394 valence electrons. The summed E-state index contributed by atoms with van der Waals surface area (Å²) in [7, 11) is -14.5. The fourth-order valence-electron chi connectivity index (χ4n) is 10.4. The molecule has 0 saturated heterocycles. The number of aryl methyl sites for hydroxylation is 1. The molecule has 2 heterocycles. The number of azide groups is 1. The molecule has 0 fully saturated rings. The molecule has 1 aliphatic carbocycles. The van der Waals surface area contributed by atoms with Crippen LogP contribution in [0.2, 0.25) is 0 Å². The van der Waals surface area contributed by atoms with Crippen molar-refractivity contribution in [3.8, 4) is 0 Å². The van der Waals surface area contributed by atoms with Crippen LogP contribution in [0.5, 0.6) is 0 Å². The van der Waals surface area contributed by atoms with Crippen molar-refractivity contribution in [2.45, 2.75) is 112 Å². The summed E-state index contributed by atoms with van der Waals surface area (Å²) < 4.78 is 140. The molecule has 3 aromatic rings. The van der Waals surface area contributed by atoms with Gasteiger partial charge in [0, 0.05) is 66.0 Å². The minimum Gasteiger partial charge on any atom is -0.744 e. The third kappa shape index (κ3) is 14.0. The minimum atomic E-state index is -4.85. The highest BCUT2D eigenvalue weighted by molar-refractivity contribution is 7.86. The molecule has 0 saturated carbocycles. The zero-order valence-corrected chi connectivity index (χ0v) is 44.5. The number of likely N-dealkylation sites (N-methyl/N-ethyl adjacent to an activating group) is 1. The lowest BCUT2D eigenvalue weighted by Gasteiger charge is -2.29. The number of fused-ring (bicyclic) bond motifs is 2. The van der Waals surface area contributed by atoms with Crippen molar-refractivity contribution >= 4 is 69.0 Å². The van der Waals surface area contributed by atoms with Gasteiger partial charge in [0.05, 0.1) is 26.7 Å². The molecule has 0 radical (unpaired) electrons. The zero-order valence-electron chi connectivity index (χ0n) is 41.2. The number of nitrogens with one attached hydrogen (secondary N) is 1. The fourth-order valence-corrected chi connectivity index (χ4v) is 12.4. The molecule has 0 aromatic heterocycles. The quantitative estimate of drug-likeness (QED) is 0.0174. The highest BCUT2D eigenvalue weighted by Crippen LogP contribution is 2.51. The highest BCUT2D eigenvalue weighted by atomic mass is 32.2. The van der Waals surface area contributed by atoms with E-state index < -0.39 is 67.7 Å². The largest absolute Gasteiger partial charge is 0.744 e. The van der Waals surface area contributed by atoms with Crippen LogP contribution in [0.4, 0.5) is 11.4 Å². The first-order valence-electron chi connectivity index (χ1n) is 23.8. The molecule has 0 bridgehead atoms. The van der Waals surface area contributed by atoms with Gasteiger partial charge in [-0.25, -0.2) is 8.42 Å². The summed E-state index contributed by atoms with van der Waals surface area (Å²) in [6.45, 7) is 4.43. The van der Waals surface area contributed by atoms with Crippen LogP contribution in [0.1, 0.15) is 107 Å². The molecule has 3 aromatic carbocycles. The van der Waals surface area contributed by atoms with Crippen LogP contribution < -0.4 is 10.2 Å². The lowest BCUT2D eigenvalue weighted by atomic mass is 9.75. The normalized spacial score (nSPS) is 20.5. The molecule has 23 heteroatoms. The van der Waals surface area contributed by atoms with E-state index in [1.54, 1.807) is 19.2 Å². The summed E-state index contributed by atoms with van der Waals surface area (Å²) in [5.74, 6) is -1.14. The molecule has 4 N–H and O–H groups in total. The third-order valence-corrected chi connectivity index (χ3v) is 17.3. The summed E-state index contributed by atoms with van der Waals surface area (Å²) in [5, 5.41) is 6.31. The summed E-state index contributed by atoms with van der Waals surface area (Å²) >= 11 is 0. The number of allylic oxidation sites excluding steroid dienone is 8. The summed E-state index contributed by atoms with van der Waals surface area (Å²) in [4.78, 5) is 16.2. The number of rotatable bonds is 23. The van der Waals surface area contributed by atoms with E-state index in [4.69, 9.17) is 5.53 Å². The zero-order chi connectivity index (χ0) is 53.6. The van der Waals surface area contributed by atoms with Crippen molar-refractivity contribution in [1.82, 2.24) is 5.32 Å². The number of amides is 1. The van der Waals surface area contributed by atoms with Gasteiger partial charge in [-0.1, -0.05) is 41.5 Å². The van der Waals surface area contributed by atoms with Gasteiger partial charge in [-0.2, -0.15) is 29.8 Å². The maximum atomic E-state index is 12.4. The molecule has 1 amide bonds. The Morgan fingerprint density at radius 1 is 0.822 bits per heavy atom. The smallest absolute Gasteiger partial charge is 0.294 e. The van der Waals surface area contributed by atoms with Crippen LogP contribution in [0.25, 0.3) is 16.0 Å². The lowest BCUT2D eigenvalue weighted by molar-refractivity contribution is -0.401. The van der Waals surface area contributed by atoms with Crippen LogP contribution in [-0.2, 0) is 62.5 Å². The van der Waals surface area contributed by atoms with Crippen molar-refractivity contribution in [3.63, 3.8) is 0 Å². The van der Waals surface area contributed by atoms with Crippen molar-refractivity contribution in [3.05, 3.63) is 135 Å². The SMILES string of the molecule is CN1C(=C/C=C2\CCCC(/C=C/C3=[N+](C)c4ccc(S(=O)(=O)[O-])cc4C3(C)CCCS(=O)(=O)O)=C2c2ccc(CCCCC(=O)NCCCN=[N+]=[N-])cc2)C(C)(CCCS(=O)(=O)O)c2cc(S(=O)(=O)O)ccc21. The van der Waals surface area contributed by atoms with Gasteiger partial charge in [0.2, 0.25) is 11.6 Å². The van der Waals surface area contributed by atoms with Crippen LogP contribution >= 0.6 is 0 Å². The average molecular weight is 1080 g/mol. The predicted molar refractivity (Wildman–Crippen MR) is 278 cm³/mol. The van der Waals surface area contributed by atoms with Crippen molar-refractivity contribution in [1.29, 1.82) is 0 Å². The summed E-state index contributed by atoms with van der Waals surface area (Å²) in [6, 6.07) is 16.5. The Labute approximate surface area is 428 Å². The van der Waals surface area contributed by atoms with Gasteiger partial charge in [0.15, 0.2) is 5.71 Å². The molecule has 6 rings (SSSR count). The first-order valence-corrected chi connectivity index (χ1v) is 29.9. The second kappa shape index (κ2) is 23.0. The van der Waals surface area contributed by atoms with Crippen LogP contribution in [0, 0.1) is 0 Å². The number of hydrogen-bond donors (Lipinski definition) is 4. The summed E-state index contributed by atoms with van der Waals surface area (Å²) in [6.07, 6.45) is 13.3. The predicted octanol–water partition coefficient (Wildman–Crippen LogP) is 8.10. The molecule has 3 aliphatic rings. The molecule has 2 aliphatic heterocycles. The Kier molecular flexibility index (Phi) is 17.9. The minimum absolute atomic E-state index is 0.0215. The topological polar surface area (TPSA) is 304 Å². The first kappa shape index (κ1) is 56.8. The number of carbonyl (C=O) groups excluding carboxylic acids is 1. The Bertz CT molecular complexity index is 3310. The van der Waals surface area contributed by atoms with E-state index in [-0.39, 0.29) is 36.5 Å². The molecule has 2 atom stereocenters. The molecular formula is C50H62N6O13S4. The number of nitrogens with zero attached hydrogens (tertiary/aromatic N) is 5. The van der Waals surface area contributed by atoms with E-state index in [9.17, 15) is 56.7 Å². The lowest BCUT2D eigenvalue weighted by Crippen LogP contribution is -2.31. The fraction of sp³-hybridized carbons (Fsp3) is 0.440. The van der Waals surface area contributed by atoms with Crippen LogP contribution in [-0.4, -0.2) is 107 Å². The number of carbonyl (C=O) groups is 1. The molecule has 2 unspecified atom stereocenters. The van der Waals surface area contributed by atoms with Crippen molar-refractivity contribution in [2.75, 3.05) is 43.6 Å². The Balaban J connectivity index is 1.42. The monoisotopic (exact) mass is 1080 g/mol. The Morgan fingerprint density at radius 3 is 2.10 bits per heavy atom. The standard InChI is InChI=1S/C50H62N6O13S4/c1-49(27-8-31-70(58,59)60)41-33-39(72(64,65)66)21-23-43(41)55(3)45(49)25-19-36-12-7-13-37(48(36)38-17-15-35(16-18-38)11-5-6-14-47(57)52-29-10-30-53-54-51)20-26-46-50(2,28-9-32-71(61,62)63)42-34-40(73(67,68)69)22-24-44(42)56(46)4/h15-26,33-34H,5-14,27-32H2,1-4H3,(H4-,52,57,58,59,60,61,62,63,64,65,66,67,68,69). The number of benzene rings is 3. The second-order valence-electron chi connectivity index (χ2n) is 19.1. The molecule has 0 spiro atoms. The molecule has 73 heavy (non-hydrogen) atoms. The van der Waals surface area contributed by atoms with Gasteiger partial charge in [-0.3, -0.25) is 18.5 Å². The van der Waals surface area contributed by atoms with Crippen molar-refractivity contribution < 1.29 is 61.3 Å². The van der Waals surface area contributed by atoms with Gasteiger partial charge in [-0.15, -0.1) is 0 Å². The van der Waals surface area contributed by atoms with E-state index in [1.165, 1.54) is 24.3 Å². The number of unbranched alkanes of at least 4 members (excludes halogenated alkanes) is 1. The van der Waals surface area contributed by atoms with Crippen LogP contribution in [0.3, 0.4) is 0 Å². The third-order valence-electron chi connectivity index (χ3n) is 14.0. The van der Waals surface area contributed by atoms with Gasteiger partial charge in [0.1, 0.15) is 17.2 Å². The van der Waals surface area contributed by atoms with Crippen molar-refractivity contribution in [2.24, 2.45) is 5.11 Å². The molecular weight excluding hydrogens is 1020 g/mol. The van der Waals surface area contributed by atoms with E-state index >= 15 is 0 Å². The van der Waals surface area contributed by atoms with E-state index in [0.29, 0.717) is 85.5 Å². The second-order valence-corrected chi connectivity index (χ2v) is 25.1. The van der Waals surface area contributed by atoms with Gasteiger partial charge in [-0.05, 0) is 160 Å².